The van der Waals surface area contributed by atoms with Crippen LogP contribution in [-0.4, -0.2) is 97.2 Å². The van der Waals surface area contributed by atoms with E-state index in [9.17, 15) is 21.2 Å². The number of hydrogen-bond donors (Lipinski definition) is 0. The Hall–Kier alpha value is -1.47. The van der Waals surface area contributed by atoms with Crippen molar-refractivity contribution in [3.8, 4) is 11.5 Å². The second-order valence-electron chi connectivity index (χ2n) is 7.62. The number of nitrogens with zero attached hydrogens (tertiary/aromatic N) is 2. The molecule has 0 aliphatic carbocycles. The van der Waals surface area contributed by atoms with E-state index in [2.05, 4.69) is 4.90 Å². The van der Waals surface area contributed by atoms with Gasteiger partial charge in [-0.1, -0.05) is 0 Å². The van der Waals surface area contributed by atoms with Crippen LogP contribution in [0, 0.1) is 5.82 Å². The van der Waals surface area contributed by atoms with Gasteiger partial charge in [-0.05, 0) is 19.4 Å². The highest BCUT2D eigenvalue weighted by molar-refractivity contribution is 7.92. The summed E-state index contributed by atoms with van der Waals surface area (Å²) in [6.45, 7) is 3.50. The summed E-state index contributed by atoms with van der Waals surface area (Å²) in [5.74, 6) is -1.17. The number of rotatable bonds is 9. The zero-order chi connectivity index (χ0) is 22.6. The maximum atomic E-state index is 14.8. The van der Waals surface area contributed by atoms with Crippen molar-refractivity contribution in [3.05, 3.63) is 17.9 Å². The Bertz CT molecular complexity index is 979. The Labute approximate surface area is 183 Å². The van der Waals surface area contributed by atoms with Crippen molar-refractivity contribution in [1.29, 1.82) is 0 Å². The minimum Gasteiger partial charge on any atom is -0.493 e. The monoisotopic (exact) mass is 480 g/mol. The number of ether oxygens (including phenoxy) is 3. The summed E-state index contributed by atoms with van der Waals surface area (Å²) in [6.07, 6.45) is 0.679. The zero-order valence-electron chi connectivity index (χ0n) is 17.7. The number of halogens is 1. The average molecular weight is 481 g/mol. The lowest BCUT2D eigenvalue weighted by Crippen LogP contribution is -2.43. The van der Waals surface area contributed by atoms with E-state index in [1.807, 2.05) is 0 Å². The van der Waals surface area contributed by atoms with Gasteiger partial charge in [-0.25, -0.2) is 21.2 Å². The van der Waals surface area contributed by atoms with Crippen LogP contribution in [0.15, 0.2) is 17.0 Å². The molecule has 2 saturated heterocycles. The van der Waals surface area contributed by atoms with E-state index >= 15 is 0 Å². The normalized spacial score (nSPS) is 22.0. The van der Waals surface area contributed by atoms with Crippen LogP contribution in [-0.2, 0) is 24.6 Å². The standard InChI is InChI=1S/C19H29FN2O7S2/c1-27-17-12-16(20)19(13-18(17)28-2)31(25,26)22(15-4-11-30(23,24)14-15)6-3-5-21-7-9-29-10-8-21/h12-13,15H,3-11,14H2,1-2H3. The highest BCUT2D eigenvalue weighted by Crippen LogP contribution is 2.34. The minimum absolute atomic E-state index is 0.0706. The topological polar surface area (TPSA) is 102 Å². The first-order valence-corrected chi connectivity index (χ1v) is 13.4. The van der Waals surface area contributed by atoms with Crippen molar-refractivity contribution >= 4 is 19.9 Å². The summed E-state index contributed by atoms with van der Waals surface area (Å²) in [4.78, 5) is 1.61. The number of sulfone groups is 1. The van der Waals surface area contributed by atoms with E-state index < -0.39 is 36.6 Å². The van der Waals surface area contributed by atoms with Gasteiger partial charge in [0.1, 0.15) is 10.7 Å². The summed E-state index contributed by atoms with van der Waals surface area (Å²) >= 11 is 0. The minimum atomic E-state index is -4.31. The van der Waals surface area contributed by atoms with Gasteiger partial charge < -0.3 is 14.2 Å². The molecule has 1 aromatic carbocycles. The molecule has 1 aromatic rings. The van der Waals surface area contributed by atoms with E-state index in [1.54, 1.807) is 0 Å². The lowest BCUT2D eigenvalue weighted by molar-refractivity contribution is 0.0367. The number of morpholine rings is 1. The fraction of sp³-hybridized carbons (Fsp3) is 0.684. The van der Waals surface area contributed by atoms with E-state index in [-0.39, 0.29) is 36.0 Å². The van der Waals surface area contributed by atoms with E-state index in [0.717, 1.165) is 29.5 Å². The Kier molecular flexibility index (Phi) is 7.79. The summed E-state index contributed by atoms with van der Waals surface area (Å²) in [5, 5.41) is 0. The quantitative estimate of drug-likeness (QED) is 0.510. The Morgan fingerprint density at radius 2 is 1.84 bits per heavy atom. The molecule has 2 aliphatic rings. The lowest BCUT2D eigenvalue weighted by Gasteiger charge is -2.30. The molecule has 1 atom stereocenters. The summed E-state index contributed by atoms with van der Waals surface area (Å²) in [6, 6.07) is 1.32. The summed E-state index contributed by atoms with van der Waals surface area (Å²) < 4.78 is 82.4. The number of methoxy groups -OCH3 is 2. The Morgan fingerprint density at radius 3 is 2.42 bits per heavy atom. The van der Waals surface area contributed by atoms with Crippen molar-refractivity contribution in [2.45, 2.75) is 23.8 Å². The summed E-state index contributed by atoms with van der Waals surface area (Å²) in [7, 11) is -4.99. The van der Waals surface area contributed by atoms with Crippen molar-refractivity contribution in [1.82, 2.24) is 9.21 Å². The molecule has 1 unspecified atom stereocenters. The molecular formula is C19H29FN2O7S2. The SMILES string of the molecule is COc1cc(F)c(S(=O)(=O)N(CCCN2CCOCC2)C2CCS(=O)(=O)C2)cc1OC. The smallest absolute Gasteiger partial charge is 0.246 e. The molecular weight excluding hydrogens is 451 g/mol. The first kappa shape index (κ1) is 24.2. The third kappa shape index (κ3) is 5.67. The fourth-order valence-electron chi connectivity index (χ4n) is 3.94. The third-order valence-corrected chi connectivity index (χ3v) is 9.31. The molecule has 0 bridgehead atoms. The maximum Gasteiger partial charge on any atom is 0.246 e. The first-order valence-electron chi connectivity index (χ1n) is 10.1. The molecule has 3 rings (SSSR count). The molecule has 0 saturated carbocycles. The van der Waals surface area contributed by atoms with Gasteiger partial charge in [0.2, 0.25) is 10.0 Å². The number of benzene rings is 1. The van der Waals surface area contributed by atoms with E-state index in [1.165, 1.54) is 14.2 Å². The predicted octanol–water partition coefficient (Wildman–Crippen LogP) is 0.743. The lowest BCUT2D eigenvalue weighted by atomic mass is 10.2. The molecule has 0 amide bonds. The molecule has 2 heterocycles. The number of hydrogen-bond acceptors (Lipinski definition) is 8. The van der Waals surface area contributed by atoms with Gasteiger partial charge in [0.05, 0.1) is 38.9 Å². The Balaban J connectivity index is 1.88. The van der Waals surface area contributed by atoms with Crippen LogP contribution in [0.2, 0.25) is 0 Å². The van der Waals surface area contributed by atoms with Crippen molar-refractivity contribution in [2.75, 3.05) is 65.1 Å². The van der Waals surface area contributed by atoms with Crippen LogP contribution < -0.4 is 9.47 Å². The highest BCUT2D eigenvalue weighted by atomic mass is 32.2. The van der Waals surface area contributed by atoms with Gasteiger partial charge in [-0.15, -0.1) is 0 Å². The summed E-state index contributed by atoms with van der Waals surface area (Å²) in [5.41, 5.74) is 0. The maximum absolute atomic E-state index is 14.8. The molecule has 2 fully saturated rings. The van der Waals surface area contributed by atoms with Gasteiger partial charge in [-0.2, -0.15) is 4.31 Å². The van der Waals surface area contributed by atoms with Crippen molar-refractivity contribution < 1.29 is 35.4 Å². The third-order valence-electron chi connectivity index (χ3n) is 5.60. The van der Waals surface area contributed by atoms with Crippen LogP contribution in [0.5, 0.6) is 11.5 Å². The second kappa shape index (κ2) is 9.99. The highest BCUT2D eigenvalue weighted by Gasteiger charge is 2.40. The molecule has 31 heavy (non-hydrogen) atoms. The molecule has 9 nitrogen and oxygen atoms in total. The molecule has 0 N–H and O–H groups in total. The van der Waals surface area contributed by atoms with Crippen LogP contribution in [0.1, 0.15) is 12.8 Å². The largest absolute Gasteiger partial charge is 0.493 e. The van der Waals surface area contributed by atoms with E-state index in [4.69, 9.17) is 14.2 Å². The fourth-order valence-corrected chi connectivity index (χ4v) is 7.52. The molecule has 0 aromatic heterocycles. The van der Waals surface area contributed by atoms with Crippen LogP contribution in [0.4, 0.5) is 4.39 Å². The average Bonchev–Trinajstić information content (AvgIpc) is 3.10. The Morgan fingerprint density at radius 1 is 1.19 bits per heavy atom. The van der Waals surface area contributed by atoms with Crippen LogP contribution in [0.3, 0.4) is 0 Å². The van der Waals surface area contributed by atoms with Gasteiger partial charge in [0.15, 0.2) is 21.3 Å². The number of sulfonamides is 1. The van der Waals surface area contributed by atoms with Gasteiger partial charge in [-0.3, -0.25) is 4.90 Å². The molecule has 176 valence electrons. The molecule has 0 radical (unpaired) electrons. The predicted molar refractivity (Wildman–Crippen MR) is 112 cm³/mol. The first-order chi connectivity index (χ1) is 14.7. The van der Waals surface area contributed by atoms with Gasteiger partial charge in [0, 0.05) is 37.8 Å². The second-order valence-corrected chi connectivity index (χ2v) is 11.7. The van der Waals surface area contributed by atoms with Crippen LogP contribution in [0.25, 0.3) is 0 Å². The molecule has 0 spiro atoms. The molecule has 2 aliphatic heterocycles. The van der Waals surface area contributed by atoms with Gasteiger partial charge in [0.25, 0.3) is 0 Å². The van der Waals surface area contributed by atoms with Crippen LogP contribution >= 0.6 is 0 Å². The van der Waals surface area contributed by atoms with E-state index in [0.29, 0.717) is 26.2 Å². The molecule has 12 heteroatoms. The van der Waals surface area contributed by atoms with Crippen molar-refractivity contribution in [2.24, 2.45) is 0 Å². The van der Waals surface area contributed by atoms with Crippen molar-refractivity contribution in [3.63, 3.8) is 0 Å². The van der Waals surface area contributed by atoms with Gasteiger partial charge >= 0.3 is 0 Å². The zero-order valence-corrected chi connectivity index (χ0v) is 19.4.